The van der Waals surface area contributed by atoms with Gasteiger partial charge in [0.05, 0.1) is 5.69 Å². The summed E-state index contributed by atoms with van der Waals surface area (Å²) in [5, 5.41) is 0. The molecule has 0 saturated carbocycles. The first-order valence-electron chi connectivity index (χ1n) is 5.24. The van der Waals surface area contributed by atoms with Gasteiger partial charge in [0.2, 0.25) is 0 Å². The number of benzene rings is 1. The van der Waals surface area contributed by atoms with E-state index in [-0.39, 0.29) is 12.2 Å². The number of hydrogen-bond acceptors (Lipinski definition) is 3. The molecule has 1 aromatic rings. The van der Waals surface area contributed by atoms with Gasteiger partial charge >= 0.3 is 0 Å². The molecule has 0 heterocycles. The second-order valence-corrected chi connectivity index (χ2v) is 5.01. The largest absolute Gasteiger partial charge is 0.326 e. The number of rotatable bonds is 6. The number of hydrogen-bond donors (Lipinski definition) is 3. The lowest BCUT2D eigenvalue weighted by Crippen LogP contribution is -2.31. The van der Waals surface area contributed by atoms with E-state index < -0.39 is 16.0 Å². The predicted molar refractivity (Wildman–Crippen MR) is 65.1 cm³/mol. The summed E-state index contributed by atoms with van der Waals surface area (Å²) in [7, 11) is -3.62. The lowest BCUT2D eigenvalue weighted by molar-refractivity contribution is 0.586. The number of nitrogens with two attached hydrogens (primary N) is 1. The van der Waals surface area contributed by atoms with Gasteiger partial charge in [-0.1, -0.05) is 6.92 Å². The van der Waals surface area contributed by atoms with Crippen LogP contribution < -0.4 is 15.2 Å². The standard InChI is InChI=1S/C10H16FN3O2S/c1-2-5-13-17(15,16)14-10-4-3-9(11)6-8(10)7-12/h3-4,6,13-14H,2,5,7,12H2,1H3. The highest BCUT2D eigenvalue weighted by atomic mass is 32.2. The third kappa shape index (κ3) is 4.29. The smallest absolute Gasteiger partial charge is 0.299 e. The molecule has 7 heteroatoms. The first-order valence-corrected chi connectivity index (χ1v) is 6.72. The van der Waals surface area contributed by atoms with Gasteiger partial charge in [-0.15, -0.1) is 0 Å². The number of anilines is 1. The summed E-state index contributed by atoms with van der Waals surface area (Å²) >= 11 is 0. The van der Waals surface area contributed by atoms with E-state index in [9.17, 15) is 12.8 Å². The fourth-order valence-electron chi connectivity index (χ4n) is 1.25. The van der Waals surface area contributed by atoms with Crippen LogP contribution in [-0.2, 0) is 16.8 Å². The van der Waals surface area contributed by atoms with E-state index in [1.807, 2.05) is 6.92 Å². The van der Waals surface area contributed by atoms with Gasteiger partial charge in [-0.05, 0) is 30.2 Å². The van der Waals surface area contributed by atoms with Crippen molar-refractivity contribution in [3.8, 4) is 0 Å². The molecule has 0 radical (unpaired) electrons. The van der Waals surface area contributed by atoms with Gasteiger partial charge in [0.25, 0.3) is 10.2 Å². The Balaban J connectivity index is 2.87. The molecular formula is C10H16FN3O2S. The molecule has 1 aromatic carbocycles. The Labute approximate surface area is 100 Å². The van der Waals surface area contributed by atoms with Crippen molar-refractivity contribution in [3.05, 3.63) is 29.6 Å². The Kier molecular flexibility index (Phi) is 4.86. The average molecular weight is 261 g/mol. The highest BCUT2D eigenvalue weighted by Crippen LogP contribution is 2.17. The molecule has 0 aliphatic heterocycles. The van der Waals surface area contributed by atoms with Crippen LogP contribution in [0.3, 0.4) is 0 Å². The summed E-state index contributed by atoms with van der Waals surface area (Å²) in [5.74, 6) is -0.449. The number of halogens is 1. The zero-order valence-corrected chi connectivity index (χ0v) is 10.3. The van der Waals surface area contributed by atoms with E-state index in [2.05, 4.69) is 9.44 Å². The van der Waals surface area contributed by atoms with Crippen molar-refractivity contribution in [2.45, 2.75) is 19.9 Å². The van der Waals surface area contributed by atoms with E-state index in [1.54, 1.807) is 0 Å². The summed E-state index contributed by atoms with van der Waals surface area (Å²) < 4.78 is 40.7. The second kappa shape index (κ2) is 5.95. The fourth-order valence-corrected chi connectivity index (χ4v) is 2.28. The molecule has 0 aliphatic carbocycles. The van der Waals surface area contributed by atoms with Crippen LogP contribution in [0.2, 0.25) is 0 Å². The minimum Gasteiger partial charge on any atom is -0.326 e. The van der Waals surface area contributed by atoms with Crippen LogP contribution >= 0.6 is 0 Å². The zero-order valence-electron chi connectivity index (χ0n) is 9.53. The minimum absolute atomic E-state index is 0.0589. The SMILES string of the molecule is CCCNS(=O)(=O)Nc1ccc(F)cc1CN. The van der Waals surface area contributed by atoms with Gasteiger partial charge in [0.1, 0.15) is 5.82 Å². The Hall–Kier alpha value is -1.18. The Bertz CT molecular complexity index is 476. The third-order valence-corrected chi connectivity index (χ3v) is 3.15. The summed E-state index contributed by atoms with van der Waals surface area (Å²) in [4.78, 5) is 0. The van der Waals surface area contributed by atoms with E-state index in [1.165, 1.54) is 18.2 Å². The van der Waals surface area contributed by atoms with Gasteiger partial charge in [0.15, 0.2) is 0 Å². The first kappa shape index (κ1) is 13.9. The molecule has 96 valence electrons. The Morgan fingerprint density at radius 3 is 2.71 bits per heavy atom. The van der Waals surface area contributed by atoms with Crippen LogP contribution in [0.4, 0.5) is 10.1 Å². The zero-order chi connectivity index (χ0) is 12.9. The average Bonchev–Trinajstić information content (AvgIpc) is 2.28. The van der Waals surface area contributed by atoms with Crippen molar-refractivity contribution in [1.82, 2.24) is 4.72 Å². The van der Waals surface area contributed by atoms with Gasteiger partial charge < -0.3 is 5.73 Å². The molecule has 0 unspecified atom stereocenters. The first-order chi connectivity index (χ1) is 7.98. The third-order valence-electron chi connectivity index (χ3n) is 2.07. The van der Waals surface area contributed by atoms with Crippen LogP contribution in [0, 0.1) is 5.82 Å². The topological polar surface area (TPSA) is 84.2 Å². The van der Waals surface area contributed by atoms with E-state index in [0.29, 0.717) is 18.5 Å². The molecule has 0 bridgehead atoms. The molecule has 0 spiro atoms. The molecule has 0 atom stereocenters. The van der Waals surface area contributed by atoms with Crippen LogP contribution in [0.25, 0.3) is 0 Å². The van der Waals surface area contributed by atoms with Crippen molar-refractivity contribution < 1.29 is 12.8 Å². The number of nitrogens with one attached hydrogen (secondary N) is 2. The molecule has 0 fully saturated rings. The maximum atomic E-state index is 12.9. The quantitative estimate of drug-likeness (QED) is 0.712. The van der Waals surface area contributed by atoms with Crippen molar-refractivity contribution in [3.63, 3.8) is 0 Å². The summed E-state index contributed by atoms with van der Waals surface area (Å²) in [5.41, 5.74) is 6.12. The molecule has 1 rings (SSSR count). The molecule has 5 nitrogen and oxygen atoms in total. The normalized spacial score (nSPS) is 11.5. The van der Waals surface area contributed by atoms with Gasteiger partial charge in [-0.2, -0.15) is 13.1 Å². The lowest BCUT2D eigenvalue weighted by atomic mass is 10.2. The van der Waals surface area contributed by atoms with Crippen LogP contribution in [-0.4, -0.2) is 15.0 Å². The van der Waals surface area contributed by atoms with E-state index >= 15 is 0 Å². The van der Waals surface area contributed by atoms with Crippen LogP contribution in [0.5, 0.6) is 0 Å². The monoisotopic (exact) mass is 261 g/mol. The van der Waals surface area contributed by atoms with Gasteiger partial charge in [0, 0.05) is 13.1 Å². The highest BCUT2D eigenvalue weighted by Gasteiger charge is 2.11. The van der Waals surface area contributed by atoms with Crippen molar-refractivity contribution in [2.24, 2.45) is 5.73 Å². The maximum absolute atomic E-state index is 12.9. The summed E-state index contributed by atoms with van der Waals surface area (Å²) in [6.07, 6.45) is 0.689. The van der Waals surface area contributed by atoms with Crippen LogP contribution in [0.15, 0.2) is 18.2 Å². The highest BCUT2D eigenvalue weighted by molar-refractivity contribution is 7.90. The Morgan fingerprint density at radius 2 is 2.12 bits per heavy atom. The predicted octanol–water partition coefficient (Wildman–Crippen LogP) is 0.941. The van der Waals surface area contributed by atoms with E-state index in [4.69, 9.17) is 5.73 Å². The molecule has 0 amide bonds. The molecule has 0 aromatic heterocycles. The van der Waals surface area contributed by atoms with Crippen LogP contribution in [0.1, 0.15) is 18.9 Å². The second-order valence-electron chi connectivity index (χ2n) is 3.51. The molecule has 17 heavy (non-hydrogen) atoms. The molecule has 0 saturated heterocycles. The summed E-state index contributed by atoms with van der Waals surface area (Å²) in [6.45, 7) is 2.25. The molecular weight excluding hydrogens is 245 g/mol. The van der Waals surface area contributed by atoms with Gasteiger partial charge in [-0.3, -0.25) is 4.72 Å². The van der Waals surface area contributed by atoms with Crippen molar-refractivity contribution in [2.75, 3.05) is 11.3 Å². The minimum atomic E-state index is -3.62. The molecule has 4 N–H and O–H groups in total. The summed E-state index contributed by atoms with van der Waals surface area (Å²) in [6, 6.07) is 3.73. The molecule has 0 aliphatic rings. The lowest BCUT2D eigenvalue weighted by Gasteiger charge is -2.12. The van der Waals surface area contributed by atoms with Gasteiger partial charge in [-0.25, -0.2) is 4.39 Å². The van der Waals surface area contributed by atoms with Crippen molar-refractivity contribution in [1.29, 1.82) is 0 Å². The van der Waals surface area contributed by atoms with Crippen molar-refractivity contribution >= 4 is 15.9 Å². The maximum Gasteiger partial charge on any atom is 0.299 e. The van der Waals surface area contributed by atoms with E-state index in [0.717, 1.165) is 0 Å². The Morgan fingerprint density at radius 1 is 1.41 bits per heavy atom. The fraction of sp³-hybridized carbons (Fsp3) is 0.400.